The molecule has 0 saturated carbocycles. The number of carbonyl (C=O) groups excluding carboxylic acids is 1. The number of amides is 1. The number of thiazole rings is 2. The summed E-state index contributed by atoms with van der Waals surface area (Å²) in [5.74, 6) is -0.0212. The number of nitrogen functional groups attached to an aromatic ring is 1. The van der Waals surface area contributed by atoms with Gasteiger partial charge >= 0.3 is 0 Å². The number of hydrogen-bond donors (Lipinski definition) is 1. The highest BCUT2D eigenvalue weighted by Gasteiger charge is 2.23. The summed E-state index contributed by atoms with van der Waals surface area (Å²) in [5, 5.41) is 5.36. The Bertz CT molecular complexity index is 630. The van der Waals surface area contributed by atoms with E-state index in [1.54, 1.807) is 16.7 Å². The molecule has 8 heteroatoms. The lowest BCUT2D eigenvalue weighted by Crippen LogP contribution is -2.48. The van der Waals surface area contributed by atoms with Gasteiger partial charge in [-0.1, -0.05) is 0 Å². The molecule has 1 fully saturated rings. The molecule has 0 aromatic carbocycles. The van der Waals surface area contributed by atoms with Crippen LogP contribution in [0.5, 0.6) is 0 Å². The molecule has 21 heavy (non-hydrogen) atoms. The molecule has 0 aliphatic carbocycles. The molecule has 0 spiro atoms. The number of anilines is 1. The normalized spacial score (nSPS) is 16.3. The summed E-state index contributed by atoms with van der Waals surface area (Å²) in [5.41, 5.74) is 7.15. The first-order chi connectivity index (χ1) is 10.1. The summed E-state index contributed by atoms with van der Waals surface area (Å²) in [6.45, 7) is 6.04. The predicted molar refractivity (Wildman–Crippen MR) is 84.6 cm³/mol. The van der Waals surface area contributed by atoms with Gasteiger partial charge in [0, 0.05) is 43.5 Å². The van der Waals surface area contributed by atoms with Crippen LogP contribution in [-0.2, 0) is 6.54 Å². The monoisotopic (exact) mass is 323 g/mol. The lowest BCUT2D eigenvalue weighted by molar-refractivity contribution is 0.0622. The molecule has 6 nitrogen and oxygen atoms in total. The first kappa shape index (κ1) is 14.4. The lowest BCUT2D eigenvalue weighted by atomic mass is 10.2. The van der Waals surface area contributed by atoms with E-state index in [9.17, 15) is 4.79 Å². The molecule has 0 atom stereocenters. The molecule has 3 rings (SSSR count). The Morgan fingerprint density at radius 3 is 2.57 bits per heavy atom. The summed E-state index contributed by atoms with van der Waals surface area (Å²) < 4.78 is 0. The highest BCUT2D eigenvalue weighted by atomic mass is 32.1. The van der Waals surface area contributed by atoms with E-state index in [1.165, 1.54) is 11.3 Å². The molecule has 0 radical (unpaired) electrons. The maximum Gasteiger partial charge on any atom is 0.273 e. The summed E-state index contributed by atoms with van der Waals surface area (Å²) in [7, 11) is 0. The summed E-state index contributed by atoms with van der Waals surface area (Å²) in [4.78, 5) is 25.0. The molecule has 0 unspecified atom stereocenters. The van der Waals surface area contributed by atoms with E-state index >= 15 is 0 Å². The molecular weight excluding hydrogens is 306 g/mol. The van der Waals surface area contributed by atoms with Crippen molar-refractivity contribution in [2.75, 3.05) is 31.9 Å². The first-order valence-corrected chi connectivity index (χ1v) is 8.51. The van der Waals surface area contributed by atoms with E-state index in [0.717, 1.165) is 43.4 Å². The Morgan fingerprint density at radius 2 is 2.00 bits per heavy atom. The molecule has 2 aromatic rings. The molecule has 1 aliphatic rings. The second kappa shape index (κ2) is 6.08. The van der Waals surface area contributed by atoms with E-state index in [0.29, 0.717) is 10.8 Å². The second-order valence-corrected chi connectivity index (χ2v) is 6.95. The van der Waals surface area contributed by atoms with Gasteiger partial charge in [-0.05, 0) is 6.92 Å². The number of hydrogen-bond acceptors (Lipinski definition) is 7. The zero-order valence-corrected chi connectivity index (χ0v) is 13.4. The quantitative estimate of drug-likeness (QED) is 0.925. The Labute approximate surface area is 131 Å². The Balaban J connectivity index is 1.54. The smallest absolute Gasteiger partial charge is 0.273 e. The van der Waals surface area contributed by atoms with Gasteiger partial charge in [0.05, 0.1) is 10.7 Å². The average molecular weight is 323 g/mol. The summed E-state index contributed by atoms with van der Waals surface area (Å²) in [6, 6.07) is 0. The maximum absolute atomic E-state index is 12.3. The van der Waals surface area contributed by atoms with Gasteiger partial charge in [-0.15, -0.1) is 22.7 Å². The molecular formula is C13H17N5OS2. The van der Waals surface area contributed by atoms with E-state index < -0.39 is 0 Å². The number of nitrogens with zero attached hydrogens (tertiary/aromatic N) is 4. The van der Waals surface area contributed by atoms with Gasteiger partial charge in [0.15, 0.2) is 5.13 Å². The predicted octanol–water partition coefficient (Wildman–Crippen LogP) is 1.45. The van der Waals surface area contributed by atoms with Crippen molar-refractivity contribution in [3.8, 4) is 0 Å². The first-order valence-electron chi connectivity index (χ1n) is 6.75. The Morgan fingerprint density at radius 1 is 1.24 bits per heavy atom. The van der Waals surface area contributed by atoms with Crippen LogP contribution in [0.15, 0.2) is 10.8 Å². The van der Waals surface area contributed by atoms with Crippen molar-refractivity contribution in [3.63, 3.8) is 0 Å². The van der Waals surface area contributed by atoms with Crippen molar-refractivity contribution in [3.05, 3.63) is 27.2 Å². The van der Waals surface area contributed by atoms with Crippen molar-refractivity contribution in [2.24, 2.45) is 0 Å². The van der Waals surface area contributed by atoms with Crippen LogP contribution in [-0.4, -0.2) is 51.9 Å². The van der Waals surface area contributed by atoms with E-state index in [-0.39, 0.29) is 5.91 Å². The fraction of sp³-hybridized carbons (Fsp3) is 0.462. The number of nitrogens with two attached hydrogens (primary N) is 1. The van der Waals surface area contributed by atoms with Gasteiger partial charge in [-0.2, -0.15) is 0 Å². The molecule has 112 valence electrons. The Kier molecular flexibility index (Phi) is 4.18. The summed E-state index contributed by atoms with van der Waals surface area (Å²) >= 11 is 2.98. The number of aryl methyl sites for hydroxylation is 1. The van der Waals surface area contributed by atoms with Gasteiger partial charge in [-0.3, -0.25) is 9.69 Å². The zero-order valence-electron chi connectivity index (χ0n) is 11.8. The topological polar surface area (TPSA) is 75.4 Å². The minimum atomic E-state index is -0.0212. The minimum Gasteiger partial charge on any atom is -0.375 e. The van der Waals surface area contributed by atoms with Crippen molar-refractivity contribution in [1.29, 1.82) is 0 Å². The largest absolute Gasteiger partial charge is 0.375 e. The van der Waals surface area contributed by atoms with Crippen molar-refractivity contribution < 1.29 is 4.79 Å². The highest BCUT2D eigenvalue weighted by Crippen LogP contribution is 2.16. The summed E-state index contributed by atoms with van der Waals surface area (Å²) in [6.07, 6.45) is 0. The molecule has 1 saturated heterocycles. The van der Waals surface area contributed by atoms with Crippen molar-refractivity contribution >= 4 is 33.7 Å². The number of carbonyl (C=O) groups is 1. The third-order valence-corrected chi connectivity index (χ3v) is 4.95. The Hall–Kier alpha value is -1.51. The van der Waals surface area contributed by atoms with Crippen LogP contribution >= 0.6 is 22.7 Å². The molecule has 0 bridgehead atoms. The number of piperazine rings is 1. The maximum atomic E-state index is 12.3. The van der Waals surface area contributed by atoms with E-state index in [2.05, 4.69) is 20.2 Å². The lowest BCUT2D eigenvalue weighted by Gasteiger charge is -2.34. The molecule has 1 amide bonds. The van der Waals surface area contributed by atoms with Crippen molar-refractivity contribution in [1.82, 2.24) is 19.8 Å². The molecule has 1 aliphatic heterocycles. The fourth-order valence-corrected chi connectivity index (χ4v) is 3.51. The van der Waals surface area contributed by atoms with Gasteiger partial charge in [0.25, 0.3) is 5.91 Å². The van der Waals surface area contributed by atoms with Gasteiger partial charge in [0.1, 0.15) is 5.69 Å². The SMILES string of the molecule is Cc1nc(CN2CCN(C(=O)c3csc(N)n3)CC2)cs1. The van der Waals surface area contributed by atoms with E-state index in [1.807, 2.05) is 11.8 Å². The zero-order chi connectivity index (χ0) is 14.8. The van der Waals surface area contributed by atoms with Crippen LogP contribution < -0.4 is 5.73 Å². The minimum absolute atomic E-state index is 0.0212. The molecule has 3 heterocycles. The number of rotatable bonds is 3. The van der Waals surface area contributed by atoms with Gasteiger partial charge in [0.2, 0.25) is 0 Å². The second-order valence-electron chi connectivity index (χ2n) is 5.00. The van der Waals surface area contributed by atoms with Crippen LogP contribution in [0.3, 0.4) is 0 Å². The third kappa shape index (κ3) is 3.39. The van der Waals surface area contributed by atoms with Crippen LogP contribution in [0.1, 0.15) is 21.2 Å². The van der Waals surface area contributed by atoms with Crippen LogP contribution in [0.4, 0.5) is 5.13 Å². The fourth-order valence-electron chi connectivity index (χ4n) is 2.37. The van der Waals surface area contributed by atoms with Crippen LogP contribution in [0.25, 0.3) is 0 Å². The van der Waals surface area contributed by atoms with Crippen molar-refractivity contribution in [2.45, 2.75) is 13.5 Å². The van der Waals surface area contributed by atoms with E-state index in [4.69, 9.17) is 5.73 Å². The standard InChI is InChI=1S/C13H17N5OS2/c1-9-15-10(7-20-9)6-17-2-4-18(5-3-17)12(19)11-8-21-13(14)16-11/h7-8H,2-6H2,1H3,(H2,14,16). The third-order valence-electron chi connectivity index (χ3n) is 3.45. The van der Waals surface area contributed by atoms with Gasteiger partial charge < -0.3 is 10.6 Å². The van der Waals surface area contributed by atoms with Gasteiger partial charge in [-0.25, -0.2) is 9.97 Å². The van der Waals surface area contributed by atoms with Crippen LogP contribution in [0.2, 0.25) is 0 Å². The molecule has 2 N–H and O–H groups in total. The number of aromatic nitrogens is 2. The molecule has 2 aromatic heterocycles. The van der Waals surface area contributed by atoms with Crippen LogP contribution in [0, 0.1) is 6.92 Å². The highest BCUT2D eigenvalue weighted by molar-refractivity contribution is 7.13. The average Bonchev–Trinajstić information content (AvgIpc) is 3.08.